The molecule has 2 unspecified atom stereocenters. The summed E-state index contributed by atoms with van der Waals surface area (Å²) in [5.74, 6) is -0.595. The van der Waals surface area contributed by atoms with Crippen molar-refractivity contribution in [2.75, 3.05) is 7.11 Å². The summed E-state index contributed by atoms with van der Waals surface area (Å²) in [6.45, 7) is 1.67. The second-order valence-corrected chi connectivity index (χ2v) is 9.81. The van der Waals surface area contributed by atoms with E-state index >= 15 is 0 Å². The Hall–Kier alpha value is -1.90. The van der Waals surface area contributed by atoms with Gasteiger partial charge < -0.3 is 14.9 Å². The number of methoxy groups -OCH3 is 1. The number of sulfonamides is 1. The van der Waals surface area contributed by atoms with Gasteiger partial charge in [0, 0.05) is 5.54 Å². The molecule has 27 heavy (non-hydrogen) atoms. The first-order valence-corrected chi connectivity index (χ1v) is 10.4. The minimum atomic E-state index is -3.87. The second-order valence-electron chi connectivity index (χ2n) is 8.13. The molecule has 0 aliphatic heterocycles. The number of hydrogen-bond acceptors (Lipinski definition) is 5. The van der Waals surface area contributed by atoms with Crippen LogP contribution in [-0.2, 0) is 14.8 Å². The third-order valence-corrected chi connectivity index (χ3v) is 7.86. The molecule has 0 saturated heterocycles. The smallest absolute Gasteiger partial charge is 0.334 e. The van der Waals surface area contributed by atoms with Gasteiger partial charge >= 0.3 is 5.97 Å². The molecule has 2 saturated carbocycles. The summed E-state index contributed by atoms with van der Waals surface area (Å²) in [5.41, 5.74) is -2.51. The minimum Gasteiger partial charge on any atom is -0.497 e. The topological polar surface area (TPSA) is 113 Å². The lowest BCUT2D eigenvalue weighted by Gasteiger charge is -2.44. The summed E-state index contributed by atoms with van der Waals surface area (Å²) in [6, 6.07) is 5.99. The number of fused-ring (bicyclic) bond motifs is 3. The summed E-state index contributed by atoms with van der Waals surface area (Å²) < 4.78 is 33.4. The molecule has 1 aromatic rings. The standard InChI is InChI=1S/C19H23NO6S/c1-18(20-27(24,25)14-5-3-13(26-2)4-6-14)9-12-7-11-8-15(11)19(12,23)16(10-18)17(21)22/h3-6,10-12,15,20,23H,7-9H2,1-2H3,(H,21,22)/t11?,12?,15-,18-,19-/m1/s1. The molecule has 2 fully saturated rings. The van der Waals surface area contributed by atoms with Crippen LogP contribution in [0.2, 0.25) is 0 Å². The quantitative estimate of drug-likeness (QED) is 0.699. The molecular formula is C19H23NO6S. The number of carboxylic acids is 1. The molecule has 8 heteroatoms. The predicted octanol–water partition coefficient (Wildman–Crippen LogP) is 1.53. The highest BCUT2D eigenvalue weighted by atomic mass is 32.2. The van der Waals surface area contributed by atoms with E-state index in [1.165, 1.54) is 25.3 Å². The zero-order valence-corrected chi connectivity index (χ0v) is 16.0. The highest BCUT2D eigenvalue weighted by molar-refractivity contribution is 7.89. The first kappa shape index (κ1) is 18.5. The number of carboxylic acid groups (broad SMARTS) is 1. The SMILES string of the molecule is COc1ccc(S(=O)(=O)N[C@@]2(C)C=C(C(=O)O)[C@@]3(O)C(CC4C[C@H]43)C2)cc1. The van der Waals surface area contributed by atoms with Gasteiger partial charge in [-0.15, -0.1) is 0 Å². The lowest BCUT2D eigenvalue weighted by molar-refractivity contribution is -0.137. The summed E-state index contributed by atoms with van der Waals surface area (Å²) in [5, 5.41) is 20.8. The number of rotatable bonds is 5. The van der Waals surface area contributed by atoms with Crippen molar-refractivity contribution in [3.05, 3.63) is 35.9 Å². The molecule has 0 bridgehead atoms. The zero-order chi connectivity index (χ0) is 19.6. The van der Waals surface area contributed by atoms with Crippen LogP contribution < -0.4 is 9.46 Å². The first-order chi connectivity index (χ1) is 12.6. The third kappa shape index (κ3) is 2.86. The Kier molecular flexibility index (Phi) is 3.96. The fourth-order valence-corrected chi connectivity index (χ4v) is 6.35. The highest BCUT2D eigenvalue weighted by Gasteiger charge is 2.67. The van der Waals surface area contributed by atoms with E-state index in [1.54, 1.807) is 19.1 Å². The van der Waals surface area contributed by atoms with E-state index in [2.05, 4.69) is 4.72 Å². The molecular weight excluding hydrogens is 370 g/mol. The van der Waals surface area contributed by atoms with Crippen molar-refractivity contribution in [1.82, 2.24) is 4.72 Å². The molecule has 0 aromatic heterocycles. The average molecular weight is 393 g/mol. The Balaban J connectivity index is 1.67. The van der Waals surface area contributed by atoms with Gasteiger partial charge in [-0.25, -0.2) is 17.9 Å². The van der Waals surface area contributed by atoms with Crippen LogP contribution >= 0.6 is 0 Å². The Morgan fingerprint density at radius 3 is 2.52 bits per heavy atom. The number of benzene rings is 1. The normalized spacial score (nSPS) is 37.1. The van der Waals surface area contributed by atoms with Crippen LogP contribution in [0.4, 0.5) is 0 Å². The van der Waals surface area contributed by atoms with Gasteiger partial charge in [0.1, 0.15) is 11.4 Å². The predicted molar refractivity (Wildman–Crippen MR) is 96.7 cm³/mol. The van der Waals surface area contributed by atoms with Crippen molar-refractivity contribution >= 4 is 16.0 Å². The van der Waals surface area contributed by atoms with Gasteiger partial charge in [0.15, 0.2) is 0 Å². The largest absolute Gasteiger partial charge is 0.497 e. The lowest BCUT2D eigenvalue weighted by Crippen LogP contribution is -2.55. The van der Waals surface area contributed by atoms with E-state index < -0.39 is 27.1 Å². The van der Waals surface area contributed by atoms with E-state index in [9.17, 15) is 23.4 Å². The van der Waals surface area contributed by atoms with Gasteiger partial charge in [-0.2, -0.15) is 0 Å². The van der Waals surface area contributed by atoms with Gasteiger partial charge in [0.05, 0.1) is 17.6 Å². The van der Waals surface area contributed by atoms with Gasteiger partial charge in [-0.3, -0.25) is 0 Å². The van der Waals surface area contributed by atoms with E-state index in [0.717, 1.165) is 12.8 Å². The Labute approximate surface area is 158 Å². The van der Waals surface area contributed by atoms with Crippen molar-refractivity contribution < 1.29 is 28.2 Å². The second kappa shape index (κ2) is 5.80. The van der Waals surface area contributed by atoms with Crippen molar-refractivity contribution in [1.29, 1.82) is 0 Å². The van der Waals surface area contributed by atoms with Gasteiger partial charge in [0.2, 0.25) is 10.0 Å². The number of aliphatic carboxylic acids is 1. The molecule has 0 amide bonds. The van der Waals surface area contributed by atoms with Crippen LogP contribution in [0, 0.1) is 17.8 Å². The van der Waals surface area contributed by atoms with E-state index in [1.807, 2.05) is 0 Å². The van der Waals surface area contributed by atoms with E-state index in [0.29, 0.717) is 18.1 Å². The summed E-state index contributed by atoms with van der Waals surface area (Å²) in [7, 11) is -2.37. The summed E-state index contributed by atoms with van der Waals surface area (Å²) in [6.07, 6.45) is 3.33. The summed E-state index contributed by atoms with van der Waals surface area (Å²) >= 11 is 0. The number of nitrogens with one attached hydrogen (secondary N) is 1. The van der Waals surface area contributed by atoms with Crippen molar-refractivity contribution in [3.63, 3.8) is 0 Å². The average Bonchev–Trinajstić information content (AvgIpc) is 3.31. The Bertz CT molecular complexity index is 924. The molecule has 0 spiro atoms. The van der Waals surface area contributed by atoms with E-state index in [-0.39, 0.29) is 22.3 Å². The molecule has 1 aromatic carbocycles. The first-order valence-electron chi connectivity index (χ1n) is 8.96. The van der Waals surface area contributed by atoms with Gasteiger partial charge in [-0.1, -0.05) is 6.08 Å². The third-order valence-electron chi connectivity index (χ3n) is 6.23. The molecule has 5 atom stereocenters. The van der Waals surface area contributed by atoms with Crippen LogP contribution in [0.5, 0.6) is 5.75 Å². The van der Waals surface area contributed by atoms with Crippen LogP contribution in [0.25, 0.3) is 0 Å². The molecule has 4 rings (SSSR count). The number of aliphatic hydroxyl groups is 1. The van der Waals surface area contributed by atoms with Crippen LogP contribution in [-0.4, -0.2) is 42.8 Å². The monoisotopic (exact) mass is 393 g/mol. The van der Waals surface area contributed by atoms with E-state index in [4.69, 9.17) is 4.74 Å². The lowest BCUT2D eigenvalue weighted by atomic mass is 9.68. The molecule has 7 nitrogen and oxygen atoms in total. The number of ether oxygens (including phenoxy) is 1. The maximum atomic E-state index is 12.8. The van der Waals surface area contributed by atoms with Gasteiger partial charge in [0.25, 0.3) is 0 Å². The molecule has 3 N–H and O–H groups in total. The molecule has 3 aliphatic carbocycles. The molecule has 0 heterocycles. The Morgan fingerprint density at radius 2 is 1.93 bits per heavy atom. The molecule has 0 radical (unpaired) electrons. The molecule has 146 valence electrons. The summed E-state index contributed by atoms with van der Waals surface area (Å²) in [4.78, 5) is 11.9. The fraction of sp³-hybridized carbons (Fsp3) is 0.526. The van der Waals surface area contributed by atoms with Crippen LogP contribution in [0.3, 0.4) is 0 Å². The number of hydrogen-bond donors (Lipinski definition) is 3. The van der Waals surface area contributed by atoms with Crippen molar-refractivity contribution in [2.24, 2.45) is 17.8 Å². The van der Waals surface area contributed by atoms with Crippen molar-refractivity contribution in [2.45, 2.75) is 42.2 Å². The van der Waals surface area contributed by atoms with Gasteiger partial charge in [-0.05, 0) is 68.2 Å². The Morgan fingerprint density at radius 1 is 1.26 bits per heavy atom. The van der Waals surface area contributed by atoms with Crippen LogP contribution in [0.15, 0.2) is 40.8 Å². The highest BCUT2D eigenvalue weighted by Crippen LogP contribution is 2.65. The molecule has 3 aliphatic rings. The minimum absolute atomic E-state index is 0.0207. The number of carbonyl (C=O) groups is 1. The zero-order valence-electron chi connectivity index (χ0n) is 15.2. The maximum Gasteiger partial charge on any atom is 0.334 e. The maximum absolute atomic E-state index is 12.8. The van der Waals surface area contributed by atoms with Crippen LogP contribution in [0.1, 0.15) is 26.2 Å². The fourth-order valence-electron chi connectivity index (χ4n) is 4.98. The van der Waals surface area contributed by atoms with Crippen molar-refractivity contribution in [3.8, 4) is 5.75 Å².